The third-order valence-corrected chi connectivity index (χ3v) is 3.63. The van der Waals surface area contributed by atoms with Gasteiger partial charge in [0.05, 0.1) is 0 Å². The van der Waals surface area contributed by atoms with E-state index in [2.05, 4.69) is 5.32 Å². The van der Waals surface area contributed by atoms with Gasteiger partial charge in [-0.1, -0.05) is 0 Å². The van der Waals surface area contributed by atoms with Gasteiger partial charge in [0.15, 0.2) is 0 Å². The van der Waals surface area contributed by atoms with Crippen molar-refractivity contribution in [3.05, 3.63) is 0 Å². The van der Waals surface area contributed by atoms with E-state index in [-0.39, 0.29) is 0 Å². The maximum atomic E-state index is 11.9. The molecule has 1 amide bonds. The third kappa shape index (κ3) is 2.74. The van der Waals surface area contributed by atoms with Gasteiger partial charge in [0, 0.05) is 45.8 Å². The Hall–Kier alpha value is -0.610. The van der Waals surface area contributed by atoms with E-state index in [1.807, 2.05) is 11.8 Å². The normalized spacial score (nSPS) is 28.4. The van der Waals surface area contributed by atoms with Gasteiger partial charge in [-0.3, -0.25) is 4.79 Å². The van der Waals surface area contributed by atoms with Crippen molar-refractivity contribution in [1.82, 2.24) is 10.2 Å². The van der Waals surface area contributed by atoms with E-state index in [4.69, 9.17) is 4.74 Å². The molecule has 4 nitrogen and oxygen atoms in total. The average molecular weight is 226 g/mol. The fourth-order valence-corrected chi connectivity index (χ4v) is 2.69. The molecule has 2 rings (SSSR count). The highest BCUT2D eigenvalue weighted by molar-refractivity contribution is 5.76. The minimum atomic E-state index is 0.314. The van der Waals surface area contributed by atoms with Crippen LogP contribution in [0, 0.1) is 11.8 Å². The molecule has 0 aliphatic carbocycles. The molecule has 2 saturated heterocycles. The van der Waals surface area contributed by atoms with Crippen LogP contribution in [0.15, 0.2) is 0 Å². The number of carbonyl (C=O) groups excluding carboxylic acids is 1. The second-order valence-electron chi connectivity index (χ2n) is 4.78. The number of carbonyl (C=O) groups is 1. The number of fused-ring (bicyclic) bond motifs is 1. The summed E-state index contributed by atoms with van der Waals surface area (Å²) in [5, 5.41) is 3.39. The molecule has 2 atom stereocenters. The molecule has 2 aliphatic rings. The van der Waals surface area contributed by atoms with E-state index in [9.17, 15) is 4.79 Å². The molecule has 2 aliphatic heterocycles. The van der Waals surface area contributed by atoms with Crippen LogP contribution in [0.25, 0.3) is 0 Å². The summed E-state index contributed by atoms with van der Waals surface area (Å²) in [6.07, 6.45) is 1.50. The van der Waals surface area contributed by atoms with Gasteiger partial charge in [-0.25, -0.2) is 0 Å². The third-order valence-electron chi connectivity index (χ3n) is 3.63. The van der Waals surface area contributed by atoms with Gasteiger partial charge in [-0.15, -0.1) is 0 Å². The van der Waals surface area contributed by atoms with Gasteiger partial charge in [0.2, 0.25) is 5.91 Å². The topological polar surface area (TPSA) is 41.6 Å². The summed E-state index contributed by atoms with van der Waals surface area (Å²) in [4.78, 5) is 13.9. The zero-order valence-electron chi connectivity index (χ0n) is 10.1. The van der Waals surface area contributed by atoms with Crippen LogP contribution in [0.2, 0.25) is 0 Å². The van der Waals surface area contributed by atoms with Gasteiger partial charge in [0.25, 0.3) is 0 Å². The van der Waals surface area contributed by atoms with Gasteiger partial charge >= 0.3 is 0 Å². The van der Waals surface area contributed by atoms with Crippen molar-refractivity contribution >= 4 is 5.91 Å². The molecule has 0 radical (unpaired) electrons. The van der Waals surface area contributed by atoms with E-state index in [1.54, 1.807) is 0 Å². The average Bonchev–Trinajstić information content (AvgIpc) is 2.83. The zero-order valence-corrected chi connectivity index (χ0v) is 10.1. The molecular formula is C12H22N2O2. The summed E-state index contributed by atoms with van der Waals surface area (Å²) in [6, 6.07) is 0. The Morgan fingerprint density at radius 3 is 2.69 bits per heavy atom. The van der Waals surface area contributed by atoms with E-state index < -0.39 is 0 Å². The number of nitrogens with one attached hydrogen (secondary N) is 1. The molecule has 2 heterocycles. The second kappa shape index (κ2) is 5.64. The monoisotopic (exact) mass is 226 g/mol. The lowest BCUT2D eigenvalue weighted by Crippen LogP contribution is -2.31. The lowest BCUT2D eigenvalue weighted by Gasteiger charge is -2.17. The predicted octanol–water partition coefficient (Wildman–Crippen LogP) is 0.481. The van der Waals surface area contributed by atoms with Gasteiger partial charge in [-0.05, 0) is 25.2 Å². The first-order valence-corrected chi connectivity index (χ1v) is 6.37. The van der Waals surface area contributed by atoms with Crippen LogP contribution in [0.4, 0.5) is 0 Å². The summed E-state index contributed by atoms with van der Waals surface area (Å²) >= 11 is 0. The minimum absolute atomic E-state index is 0.314. The molecule has 0 aromatic rings. The Bertz CT molecular complexity index is 233. The van der Waals surface area contributed by atoms with Crippen molar-refractivity contribution in [2.45, 2.75) is 19.8 Å². The van der Waals surface area contributed by atoms with E-state index in [1.165, 1.54) is 0 Å². The summed E-state index contributed by atoms with van der Waals surface area (Å²) < 4.78 is 5.24. The summed E-state index contributed by atoms with van der Waals surface area (Å²) in [5.74, 6) is 1.72. The van der Waals surface area contributed by atoms with Crippen molar-refractivity contribution in [2.24, 2.45) is 11.8 Å². The molecular weight excluding hydrogens is 204 g/mol. The Morgan fingerprint density at radius 2 is 2.06 bits per heavy atom. The van der Waals surface area contributed by atoms with Crippen LogP contribution in [0.3, 0.4) is 0 Å². The second-order valence-corrected chi connectivity index (χ2v) is 4.78. The number of ether oxygens (including phenoxy) is 1. The number of hydrogen-bond donors (Lipinski definition) is 1. The van der Waals surface area contributed by atoms with Crippen LogP contribution < -0.4 is 5.32 Å². The van der Waals surface area contributed by atoms with Gasteiger partial charge in [-0.2, -0.15) is 0 Å². The molecule has 0 saturated carbocycles. The summed E-state index contributed by atoms with van der Waals surface area (Å²) in [7, 11) is 0. The lowest BCUT2D eigenvalue weighted by molar-refractivity contribution is -0.130. The predicted molar refractivity (Wildman–Crippen MR) is 62.2 cm³/mol. The number of nitrogens with zero attached hydrogens (tertiary/aromatic N) is 1. The van der Waals surface area contributed by atoms with Crippen LogP contribution in [0.1, 0.15) is 19.8 Å². The van der Waals surface area contributed by atoms with Crippen molar-refractivity contribution in [1.29, 1.82) is 0 Å². The lowest BCUT2D eigenvalue weighted by atomic mass is 10.0. The number of amides is 1. The first-order chi connectivity index (χ1) is 7.81. The quantitative estimate of drug-likeness (QED) is 0.693. The molecule has 0 aromatic carbocycles. The molecule has 0 bridgehead atoms. The van der Waals surface area contributed by atoms with Crippen LogP contribution >= 0.6 is 0 Å². The van der Waals surface area contributed by atoms with Crippen LogP contribution in [0.5, 0.6) is 0 Å². The fraction of sp³-hybridized carbons (Fsp3) is 0.917. The SMILES string of the molecule is CCOCCCC(=O)N1C[C@H]2CNC[C@H]2C1. The zero-order chi connectivity index (χ0) is 11.4. The number of likely N-dealkylation sites (tertiary alicyclic amines) is 1. The van der Waals surface area contributed by atoms with Crippen molar-refractivity contribution in [3.8, 4) is 0 Å². The van der Waals surface area contributed by atoms with E-state index in [0.717, 1.165) is 39.2 Å². The Kier molecular flexibility index (Phi) is 4.18. The van der Waals surface area contributed by atoms with E-state index >= 15 is 0 Å². The fourth-order valence-electron chi connectivity index (χ4n) is 2.69. The van der Waals surface area contributed by atoms with Crippen molar-refractivity contribution in [3.63, 3.8) is 0 Å². The minimum Gasteiger partial charge on any atom is -0.382 e. The first-order valence-electron chi connectivity index (χ1n) is 6.37. The van der Waals surface area contributed by atoms with Crippen molar-refractivity contribution < 1.29 is 9.53 Å². The maximum Gasteiger partial charge on any atom is 0.222 e. The Labute approximate surface area is 97.3 Å². The first kappa shape index (κ1) is 11.9. The number of hydrogen-bond acceptors (Lipinski definition) is 3. The largest absolute Gasteiger partial charge is 0.382 e. The molecule has 1 N–H and O–H groups in total. The van der Waals surface area contributed by atoms with Crippen molar-refractivity contribution in [2.75, 3.05) is 39.4 Å². The standard InChI is InChI=1S/C12H22N2O2/c1-2-16-5-3-4-12(15)14-8-10-6-13-7-11(10)9-14/h10-11,13H,2-9H2,1H3/t10-,11+. The van der Waals surface area contributed by atoms with Gasteiger partial charge in [0.1, 0.15) is 0 Å². The van der Waals surface area contributed by atoms with Crippen LogP contribution in [-0.4, -0.2) is 50.2 Å². The maximum absolute atomic E-state index is 11.9. The highest BCUT2D eigenvalue weighted by Crippen LogP contribution is 2.26. The Morgan fingerprint density at radius 1 is 1.38 bits per heavy atom. The molecule has 4 heteroatoms. The molecule has 16 heavy (non-hydrogen) atoms. The molecule has 2 fully saturated rings. The smallest absolute Gasteiger partial charge is 0.222 e. The molecule has 92 valence electrons. The summed E-state index contributed by atoms with van der Waals surface area (Å²) in [6.45, 7) is 7.55. The van der Waals surface area contributed by atoms with E-state index in [0.29, 0.717) is 30.8 Å². The number of rotatable bonds is 5. The molecule has 0 unspecified atom stereocenters. The molecule has 0 spiro atoms. The van der Waals surface area contributed by atoms with Crippen LogP contribution in [-0.2, 0) is 9.53 Å². The van der Waals surface area contributed by atoms with Gasteiger partial charge < -0.3 is 15.0 Å². The highest BCUT2D eigenvalue weighted by atomic mass is 16.5. The molecule has 0 aromatic heterocycles. The summed E-state index contributed by atoms with van der Waals surface area (Å²) in [5.41, 5.74) is 0. The Balaban J connectivity index is 1.66. The highest BCUT2D eigenvalue weighted by Gasteiger charge is 2.37.